The summed E-state index contributed by atoms with van der Waals surface area (Å²) in [4.78, 5) is 12.6. The normalized spacial score (nSPS) is 20.5. The minimum Gasteiger partial charge on any atom is -0.379 e. The molecule has 1 amide bonds. The first-order chi connectivity index (χ1) is 13.8. The fourth-order valence-corrected chi connectivity index (χ4v) is 2.92. The van der Waals surface area contributed by atoms with Gasteiger partial charge in [-0.2, -0.15) is 23.5 Å². The number of H-pyrrole nitrogens is 1. The Bertz CT molecular complexity index is 891. The van der Waals surface area contributed by atoms with Crippen molar-refractivity contribution >= 4 is 17.4 Å². The van der Waals surface area contributed by atoms with Crippen LogP contribution in [0.15, 0.2) is 30.5 Å². The highest BCUT2D eigenvalue weighted by Gasteiger charge is 2.39. The average Bonchev–Trinajstić information content (AvgIpc) is 3.16. The maximum absolute atomic E-state index is 12.6. The van der Waals surface area contributed by atoms with Crippen LogP contribution < -0.4 is 10.6 Å². The van der Waals surface area contributed by atoms with E-state index in [2.05, 4.69) is 26.9 Å². The molecule has 11 heteroatoms. The zero-order valence-corrected chi connectivity index (χ0v) is 15.0. The molecule has 154 valence electrons. The number of nitrogens with zero attached hydrogens (tertiary/aromatic N) is 2. The number of hydrogen-bond donors (Lipinski definition) is 4. The van der Waals surface area contributed by atoms with Crippen LogP contribution in [-0.2, 0) is 4.74 Å². The van der Waals surface area contributed by atoms with Crippen LogP contribution in [0, 0.1) is 17.2 Å². The molecule has 2 aromatic rings. The molecule has 0 radical (unpaired) electrons. The monoisotopic (exact) mass is 409 g/mol. The van der Waals surface area contributed by atoms with Gasteiger partial charge >= 0.3 is 6.18 Å². The van der Waals surface area contributed by atoms with Gasteiger partial charge in [-0.3, -0.25) is 9.89 Å². The van der Waals surface area contributed by atoms with E-state index in [1.807, 2.05) is 0 Å². The van der Waals surface area contributed by atoms with Crippen LogP contribution in [0.3, 0.4) is 0 Å². The third-order valence-corrected chi connectivity index (χ3v) is 4.53. The van der Waals surface area contributed by atoms with Gasteiger partial charge < -0.3 is 20.5 Å². The Morgan fingerprint density at radius 2 is 2.10 bits per heavy atom. The number of nitrogens with one attached hydrogen (secondary N) is 3. The maximum Gasteiger partial charge on any atom is 0.418 e. The highest BCUT2D eigenvalue weighted by atomic mass is 19.4. The quantitative estimate of drug-likeness (QED) is 0.601. The van der Waals surface area contributed by atoms with Gasteiger partial charge in [-0.25, -0.2) is 0 Å². The van der Waals surface area contributed by atoms with Gasteiger partial charge in [0.15, 0.2) is 6.10 Å². The number of aromatic amines is 1. The number of anilines is 2. The Labute approximate surface area is 163 Å². The third-order valence-electron chi connectivity index (χ3n) is 4.53. The van der Waals surface area contributed by atoms with E-state index in [9.17, 15) is 28.3 Å². The van der Waals surface area contributed by atoms with E-state index < -0.39 is 24.2 Å². The maximum atomic E-state index is 12.6. The van der Waals surface area contributed by atoms with Gasteiger partial charge in [-0.15, -0.1) is 0 Å². The van der Waals surface area contributed by atoms with Crippen LogP contribution in [0.4, 0.5) is 24.7 Å². The predicted molar refractivity (Wildman–Crippen MR) is 95.1 cm³/mol. The molecule has 1 aliphatic heterocycles. The lowest BCUT2D eigenvalue weighted by molar-refractivity contribution is -0.206. The molecule has 29 heavy (non-hydrogen) atoms. The Morgan fingerprint density at radius 3 is 2.76 bits per heavy atom. The topological polar surface area (TPSA) is 123 Å². The number of ether oxygens (including phenoxy) is 1. The summed E-state index contributed by atoms with van der Waals surface area (Å²) in [7, 11) is 0. The number of aliphatic hydroxyl groups is 1. The summed E-state index contributed by atoms with van der Waals surface area (Å²) >= 11 is 0. The second-order valence-electron chi connectivity index (χ2n) is 6.53. The van der Waals surface area contributed by atoms with Crippen LogP contribution >= 0.6 is 0 Å². The molecule has 1 aliphatic rings. The van der Waals surface area contributed by atoms with Crippen molar-refractivity contribution < 1.29 is 27.8 Å². The number of carbonyl (C=O) groups excluding carboxylic acids is 1. The molecule has 3 rings (SSSR count). The Balaban J connectivity index is 1.69. The molecule has 0 aliphatic carbocycles. The molecule has 0 saturated carbocycles. The Kier molecular flexibility index (Phi) is 6.05. The molecule has 1 aromatic heterocycles. The molecule has 1 saturated heterocycles. The van der Waals surface area contributed by atoms with E-state index >= 15 is 0 Å². The van der Waals surface area contributed by atoms with Gasteiger partial charge in [-0.05, 0) is 24.1 Å². The van der Waals surface area contributed by atoms with Gasteiger partial charge in [0.25, 0.3) is 5.91 Å². The van der Waals surface area contributed by atoms with Crippen LogP contribution in [0.5, 0.6) is 0 Å². The predicted octanol–water partition coefficient (Wildman–Crippen LogP) is 2.41. The van der Waals surface area contributed by atoms with E-state index in [-0.39, 0.29) is 29.5 Å². The number of nitriles is 1. The van der Waals surface area contributed by atoms with Gasteiger partial charge in [0, 0.05) is 12.3 Å². The zero-order chi connectivity index (χ0) is 21.0. The van der Waals surface area contributed by atoms with Crippen molar-refractivity contribution in [2.45, 2.75) is 24.7 Å². The minimum absolute atomic E-state index is 0.173. The lowest BCUT2D eigenvalue weighted by Crippen LogP contribution is -2.46. The molecular weight excluding hydrogens is 391 g/mol. The Hall–Kier alpha value is -3.10. The highest BCUT2D eigenvalue weighted by Crippen LogP contribution is 2.33. The molecule has 1 fully saturated rings. The molecule has 1 aromatic carbocycles. The van der Waals surface area contributed by atoms with E-state index in [0.29, 0.717) is 18.7 Å². The number of alkyl halides is 3. The molecule has 3 unspecified atom stereocenters. The van der Waals surface area contributed by atoms with Crippen molar-refractivity contribution in [3.8, 4) is 6.07 Å². The molecule has 2 heterocycles. The van der Waals surface area contributed by atoms with Gasteiger partial charge in [0.2, 0.25) is 0 Å². The van der Waals surface area contributed by atoms with E-state index in [4.69, 9.17) is 4.74 Å². The summed E-state index contributed by atoms with van der Waals surface area (Å²) in [6.45, 7) is 0.690. The summed E-state index contributed by atoms with van der Waals surface area (Å²) in [6.07, 6.45) is -5.51. The van der Waals surface area contributed by atoms with Crippen molar-refractivity contribution in [3.63, 3.8) is 0 Å². The van der Waals surface area contributed by atoms with Gasteiger partial charge in [0.1, 0.15) is 11.4 Å². The fraction of sp³-hybridized carbons (Fsp3) is 0.389. The number of hydrogen-bond acceptors (Lipinski definition) is 6. The number of benzene rings is 1. The number of rotatable bonds is 5. The molecule has 0 bridgehead atoms. The molecule has 3 atom stereocenters. The SMILES string of the molecule is N#CC1CCOCC1NC(=O)c1cn[nH]c1Nc1ccc(C(O)C(F)(F)F)cc1. The summed E-state index contributed by atoms with van der Waals surface area (Å²) in [5.41, 5.74) is 0.259. The number of aliphatic hydroxyl groups excluding tert-OH is 1. The smallest absolute Gasteiger partial charge is 0.379 e. The van der Waals surface area contributed by atoms with Crippen molar-refractivity contribution in [2.24, 2.45) is 5.92 Å². The van der Waals surface area contributed by atoms with Crippen LogP contribution in [0.2, 0.25) is 0 Å². The van der Waals surface area contributed by atoms with Crippen LogP contribution in [0.25, 0.3) is 0 Å². The Morgan fingerprint density at radius 1 is 1.38 bits per heavy atom. The van der Waals surface area contributed by atoms with E-state index in [1.165, 1.54) is 18.3 Å². The first-order valence-electron chi connectivity index (χ1n) is 8.73. The van der Waals surface area contributed by atoms with Crippen LogP contribution in [0.1, 0.15) is 28.4 Å². The average molecular weight is 409 g/mol. The fourth-order valence-electron chi connectivity index (χ4n) is 2.92. The summed E-state index contributed by atoms with van der Waals surface area (Å²) in [5, 5.41) is 30.5. The first-order valence-corrected chi connectivity index (χ1v) is 8.73. The lowest BCUT2D eigenvalue weighted by Gasteiger charge is -2.27. The van der Waals surface area contributed by atoms with Crippen molar-refractivity contribution in [3.05, 3.63) is 41.6 Å². The molecule has 8 nitrogen and oxygen atoms in total. The summed E-state index contributed by atoms with van der Waals surface area (Å²) < 4.78 is 43.0. The van der Waals surface area contributed by atoms with Gasteiger partial charge in [0.05, 0.1) is 30.8 Å². The van der Waals surface area contributed by atoms with Crippen molar-refractivity contribution in [1.29, 1.82) is 5.26 Å². The van der Waals surface area contributed by atoms with E-state index in [1.54, 1.807) is 0 Å². The highest BCUT2D eigenvalue weighted by molar-refractivity contribution is 5.99. The van der Waals surface area contributed by atoms with E-state index in [0.717, 1.165) is 12.1 Å². The largest absolute Gasteiger partial charge is 0.418 e. The standard InChI is InChI=1S/C18H18F3N5O3/c19-18(20,21)15(27)10-1-3-12(4-2-10)24-16-13(8-23-26-16)17(28)25-14-9-29-6-5-11(14)7-22/h1-4,8,11,14-15,27H,5-6,9H2,(H,25,28)(H2,23,24,26). The minimum atomic E-state index is -4.76. The lowest BCUT2D eigenvalue weighted by atomic mass is 9.96. The number of halogens is 3. The third kappa shape index (κ3) is 4.85. The van der Waals surface area contributed by atoms with Gasteiger partial charge in [-0.1, -0.05) is 12.1 Å². The number of aromatic nitrogens is 2. The first kappa shape index (κ1) is 20.6. The summed E-state index contributed by atoms with van der Waals surface area (Å²) in [5.74, 6) is -0.596. The summed E-state index contributed by atoms with van der Waals surface area (Å²) in [6, 6.07) is 6.64. The number of carbonyl (C=O) groups is 1. The second-order valence-corrected chi connectivity index (χ2v) is 6.53. The van der Waals surface area contributed by atoms with Crippen molar-refractivity contribution in [1.82, 2.24) is 15.5 Å². The second kappa shape index (κ2) is 8.50. The zero-order valence-electron chi connectivity index (χ0n) is 15.0. The van der Waals surface area contributed by atoms with Crippen molar-refractivity contribution in [2.75, 3.05) is 18.5 Å². The molecule has 0 spiro atoms. The number of amides is 1. The van der Waals surface area contributed by atoms with Crippen LogP contribution in [-0.4, -0.2) is 46.6 Å². The molecular formula is C18H18F3N5O3. The molecule has 4 N–H and O–H groups in total.